The number of rotatable bonds is 5. The molecular formula is C18H28N2O2. The van der Waals surface area contributed by atoms with Gasteiger partial charge in [-0.25, -0.2) is 0 Å². The molecule has 0 aromatic heterocycles. The maximum Gasteiger partial charge on any atom is 0.263 e. The molecule has 0 saturated carbocycles. The number of aryl methyl sites for hydroxylation is 1. The normalized spacial score (nSPS) is 17.4. The fourth-order valence-corrected chi connectivity index (χ4v) is 2.80. The molecule has 1 amide bonds. The summed E-state index contributed by atoms with van der Waals surface area (Å²) in [6, 6.07) is 6.00. The maximum atomic E-state index is 12.7. The van der Waals surface area contributed by atoms with E-state index in [1.807, 2.05) is 30.9 Å². The van der Waals surface area contributed by atoms with E-state index in [2.05, 4.69) is 24.8 Å². The van der Waals surface area contributed by atoms with E-state index < -0.39 is 0 Å². The van der Waals surface area contributed by atoms with Crippen LogP contribution in [0.4, 0.5) is 0 Å². The molecule has 4 nitrogen and oxygen atoms in total. The van der Waals surface area contributed by atoms with E-state index in [0.717, 1.165) is 44.0 Å². The average Bonchev–Trinajstić information content (AvgIpc) is 2.55. The fraction of sp³-hybridized carbons (Fsp3) is 0.611. The number of carbonyl (C=O) groups excluding carboxylic acids is 1. The first kappa shape index (κ1) is 16.8. The van der Waals surface area contributed by atoms with Crippen LogP contribution in [-0.4, -0.2) is 54.5 Å². The third kappa shape index (κ3) is 3.80. The lowest BCUT2D eigenvalue weighted by Gasteiger charge is -2.35. The van der Waals surface area contributed by atoms with Crippen molar-refractivity contribution in [2.24, 2.45) is 0 Å². The summed E-state index contributed by atoms with van der Waals surface area (Å²) in [6.07, 6.45) is 0.314. The Morgan fingerprint density at radius 1 is 1.18 bits per heavy atom. The second-order valence-electron chi connectivity index (χ2n) is 5.97. The van der Waals surface area contributed by atoms with E-state index in [-0.39, 0.29) is 12.0 Å². The summed E-state index contributed by atoms with van der Waals surface area (Å²) in [5, 5.41) is 0. The van der Waals surface area contributed by atoms with Gasteiger partial charge in [0, 0.05) is 26.2 Å². The number of piperazine rings is 1. The van der Waals surface area contributed by atoms with Gasteiger partial charge in [0.05, 0.1) is 0 Å². The second-order valence-corrected chi connectivity index (χ2v) is 5.97. The lowest BCUT2D eigenvalue weighted by molar-refractivity contribution is -0.140. The Kier molecular flexibility index (Phi) is 5.83. The predicted octanol–water partition coefficient (Wildman–Crippen LogP) is 2.62. The Hall–Kier alpha value is -1.55. The highest BCUT2D eigenvalue weighted by molar-refractivity contribution is 5.81. The lowest BCUT2D eigenvalue weighted by Crippen LogP contribution is -2.52. The van der Waals surface area contributed by atoms with Crippen LogP contribution in [0.25, 0.3) is 0 Å². The largest absolute Gasteiger partial charge is 0.480 e. The molecule has 0 aliphatic carbocycles. The van der Waals surface area contributed by atoms with E-state index in [9.17, 15) is 4.79 Å². The molecule has 4 heteroatoms. The van der Waals surface area contributed by atoms with Gasteiger partial charge in [-0.05, 0) is 44.0 Å². The topological polar surface area (TPSA) is 32.8 Å². The molecule has 0 radical (unpaired) electrons. The van der Waals surface area contributed by atoms with Crippen LogP contribution in [0.1, 0.15) is 31.4 Å². The van der Waals surface area contributed by atoms with E-state index in [1.165, 1.54) is 5.56 Å². The first-order valence-corrected chi connectivity index (χ1v) is 8.30. The van der Waals surface area contributed by atoms with Crippen molar-refractivity contribution in [2.75, 3.05) is 32.7 Å². The summed E-state index contributed by atoms with van der Waals surface area (Å²) in [5.41, 5.74) is 2.31. The molecule has 1 aromatic rings. The molecule has 0 N–H and O–H groups in total. The van der Waals surface area contributed by atoms with Crippen molar-refractivity contribution >= 4 is 5.91 Å². The molecule has 1 aliphatic rings. The molecule has 0 spiro atoms. The van der Waals surface area contributed by atoms with Crippen LogP contribution in [0, 0.1) is 13.8 Å². The smallest absolute Gasteiger partial charge is 0.263 e. The quantitative estimate of drug-likeness (QED) is 0.838. The third-order valence-electron chi connectivity index (χ3n) is 4.60. The van der Waals surface area contributed by atoms with Gasteiger partial charge in [0.15, 0.2) is 6.10 Å². The van der Waals surface area contributed by atoms with Gasteiger partial charge in [0.1, 0.15) is 5.75 Å². The molecule has 1 aromatic carbocycles. The minimum absolute atomic E-state index is 0.124. The standard InChI is InChI=1S/C18H28N2O2/c1-5-16(22-17-9-7-8-14(3)15(17)4)18(21)20-12-10-19(6-2)11-13-20/h7-9,16H,5-6,10-13H2,1-4H3/t16-/m1/s1. The van der Waals surface area contributed by atoms with E-state index in [0.29, 0.717) is 6.42 Å². The molecule has 1 fully saturated rings. The number of hydrogen-bond acceptors (Lipinski definition) is 3. The van der Waals surface area contributed by atoms with Crippen LogP contribution in [0.3, 0.4) is 0 Å². The number of likely N-dealkylation sites (N-methyl/N-ethyl adjacent to an activating group) is 1. The van der Waals surface area contributed by atoms with Crippen molar-refractivity contribution in [1.29, 1.82) is 0 Å². The monoisotopic (exact) mass is 304 g/mol. The third-order valence-corrected chi connectivity index (χ3v) is 4.60. The minimum Gasteiger partial charge on any atom is -0.480 e. The number of carbonyl (C=O) groups is 1. The molecule has 1 atom stereocenters. The van der Waals surface area contributed by atoms with Crippen molar-refractivity contribution in [2.45, 2.75) is 40.2 Å². The van der Waals surface area contributed by atoms with Gasteiger partial charge >= 0.3 is 0 Å². The average molecular weight is 304 g/mol. The maximum absolute atomic E-state index is 12.7. The van der Waals surface area contributed by atoms with Gasteiger partial charge < -0.3 is 14.5 Å². The highest BCUT2D eigenvalue weighted by Gasteiger charge is 2.27. The number of benzene rings is 1. The number of amides is 1. The SMILES string of the molecule is CC[C@@H](Oc1cccc(C)c1C)C(=O)N1CCN(CC)CC1. The molecule has 122 valence electrons. The zero-order chi connectivity index (χ0) is 16.1. The molecule has 1 heterocycles. The van der Waals surface area contributed by atoms with Crippen LogP contribution in [-0.2, 0) is 4.79 Å². The van der Waals surface area contributed by atoms with Crippen LogP contribution in [0.15, 0.2) is 18.2 Å². The van der Waals surface area contributed by atoms with Crippen molar-refractivity contribution in [1.82, 2.24) is 9.80 Å². The van der Waals surface area contributed by atoms with Crippen LogP contribution >= 0.6 is 0 Å². The molecule has 0 unspecified atom stereocenters. The van der Waals surface area contributed by atoms with Crippen molar-refractivity contribution in [3.8, 4) is 5.75 Å². The first-order valence-electron chi connectivity index (χ1n) is 8.30. The molecule has 1 saturated heterocycles. The van der Waals surface area contributed by atoms with Gasteiger partial charge in [-0.3, -0.25) is 4.79 Å². The van der Waals surface area contributed by atoms with Gasteiger partial charge in [0.25, 0.3) is 5.91 Å². The Morgan fingerprint density at radius 2 is 1.86 bits per heavy atom. The predicted molar refractivity (Wildman–Crippen MR) is 89.3 cm³/mol. The van der Waals surface area contributed by atoms with E-state index >= 15 is 0 Å². The minimum atomic E-state index is -0.381. The van der Waals surface area contributed by atoms with Gasteiger partial charge in [-0.15, -0.1) is 0 Å². The van der Waals surface area contributed by atoms with Crippen molar-refractivity contribution in [3.63, 3.8) is 0 Å². The van der Waals surface area contributed by atoms with Crippen LogP contribution < -0.4 is 4.74 Å². The number of nitrogens with zero attached hydrogens (tertiary/aromatic N) is 2. The Labute approximate surface area is 134 Å². The summed E-state index contributed by atoms with van der Waals surface area (Å²) in [5.74, 6) is 0.951. The first-order chi connectivity index (χ1) is 10.6. The summed E-state index contributed by atoms with van der Waals surface area (Å²) in [7, 11) is 0. The number of ether oxygens (including phenoxy) is 1. The Balaban J connectivity index is 2.02. The molecule has 0 bridgehead atoms. The van der Waals surface area contributed by atoms with Crippen LogP contribution in [0.5, 0.6) is 5.75 Å². The van der Waals surface area contributed by atoms with E-state index in [4.69, 9.17) is 4.74 Å². The van der Waals surface area contributed by atoms with Crippen molar-refractivity contribution in [3.05, 3.63) is 29.3 Å². The second kappa shape index (κ2) is 7.63. The van der Waals surface area contributed by atoms with E-state index in [1.54, 1.807) is 0 Å². The Bertz CT molecular complexity index is 508. The highest BCUT2D eigenvalue weighted by atomic mass is 16.5. The highest BCUT2D eigenvalue weighted by Crippen LogP contribution is 2.23. The van der Waals surface area contributed by atoms with Crippen molar-refractivity contribution < 1.29 is 9.53 Å². The number of hydrogen-bond donors (Lipinski definition) is 0. The van der Waals surface area contributed by atoms with Gasteiger partial charge in [0.2, 0.25) is 0 Å². The summed E-state index contributed by atoms with van der Waals surface area (Å²) in [4.78, 5) is 17.0. The summed E-state index contributed by atoms with van der Waals surface area (Å²) >= 11 is 0. The van der Waals surface area contributed by atoms with Crippen LogP contribution in [0.2, 0.25) is 0 Å². The summed E-state index contributed by atoms with van der Waals surface area (Å²) in [6.45, 7) is 12.9. The lowest BCUT2D eigenvalue weighted by atomic mass is 10.1. The fourth-order valence-electron chi connectivity index (χ4n) is 2.80. The molecule has 1 aliphatic heterocycles. The molecule has 2 rings (SSSR count). The van der Waals surface area contributed by atoms with Gasteiger partial charge in [-0.1, -0.05) is 26.0 Å². The summed E-state index contributed by atoms with van der Waals surface area (Å²) < 4.78 is 6.04. The zero-order valence-corrected chi connectivity index (χ0v) is 14.3. The molecular weight excluding hydrogens is 276 g/mol. The zero-order valence-electron chi connectivity index (χ0n) is 14.3. The Morgan fingerprint density at radius 3 is 2.45 bits per heavy atom. The van der Waals surface area contributed by atoms with Gasteiger partial charge in [-0.2, -0.15) is 0 Å². The molecule has 22 heavy (non-hydrogen) atoms.